The number of likely N-dealkylation sites (tertiary alicyclic amines) is 1. The van der Waals surface area contributed by atoms with Crippen molar-refractivity contribution in [2.24, 2.45) is 0 Å². The van der Waals surface area contributed by atoms with Gasteiger partial charge in [-0.05, 0) is 26.7 Å². The van der Waals surface area contributed by atoms with Crippen molar-refractivity contribution in [1.29, 1.82) is 0 Å². The number of ether oxygens (including phenoxy) is 1. The van der Waals surface area contributed by atoms with Crippen LogP contribution in [0.5, 0.6) is 0 Å². The summed E-state index contributed by atoms with van der Waals surface area (Å²) in [6, 6.07) is 1.16. The van der Waals surface area contributed by atoms with E-state index in [-0.39, 0.29) is 18.1 Å². The van der Waals surface area contributed by atoms with Crippen LogP contribution in [0, 0.1) is 0 Å². The smallest absolute Gasteiger partial charge is 0.324 e. The number of nitrogens with one attached hydrogen (secondary N) is 1. The quantitative estimate of drug-likeness (QED) is 0.762. The summed E-state index contributed by atoms with van der Waals surface area (Å²) in [7, 11) is 1.46. The first-order valence-electron chi connectivity index (χ1n) is 7.05. The summed E-state index contributed by atoms with van der Waals surface area (Å²) >= 11 is 0. The van der Waals surface area contributed by atoms with E-state index in [1.54, 1.807) is 0 Å². The van der Waals surface area contributed by atoms with E-state index in [0.29, 0.717) is 12.1 Å². The minimum atomic E-state index is -0.224. The van der Waals surface area contributed by atoms with Crippen LogP contribution in [0.3, 0.4) is 0 Å². The minimum Gasteiger partial charge on any atom is -0.468 e. The van der Waals surface area contributed by atoms with Crippen LogP contribution >= 0.6 is 0 Å². The van der Waals surface area contributed by atoms with Gasteiger partial charge in [0.2, 0.25) is 0 Å². The maximum atomic E-state index is 11.8. The number of piperidine rings is 1. The Morgan fingerprint density at radius 3 is 2.33 bits per heavy atom. The van der Waals surface area contributed by atoms with E-state index in [4.69, 9.17) is 4.74 Å². The van der Waals surface area contributed by atoms with Crippen molar-refractivity contribution in [1.82, 2.24) is 10.2 Å². The van der Waals surface area contributed by atoms with Gasteiger partial charge in [-0.1, -0.05) is 20.3 Å². The van der Waals surface area contributed by atoms with Gasteiger partial charge in [-0.15, -0.1) is 0 Å². The van der Waals surface area contributed by atoms with Gasteiger partial charge in [0.05, 0.1) is 7.11 Å². The normalized spacial score (nSPS) is 27.2. The first-order chi connectivity index (χ1) is 8.45. The molecule has 1 fully saturated rings. The number of nitrogens with zero attached hydrogens (tertiary/aromatic N) is 1. The molecule has 0 aromatic carbocycles. The third kappa shape index (κ3) is 4.25. The molecular formula is C14H28N2O2. The molecule has 0 aromatic heterocycles. The Kier molecular flexibility index (Phi) is 6.09. The van der Waals surface area contributed by atoms with Crippen molar-refractivity contribution in [3.05, 3.63) is 0 Å². The van der Waals surface area contributed by atoms with Crippen LogP contribution in [0.4, 0.5) is 0 Å². The SMILES string of the molecule is COC(=O)C(CN1C(C)CCCC1C)NC(C)C. The Morgan fingerprint density at radius 2 is 1.89 bits per heavy atom. The summed E-state index contributed by atoms with van der Waals surface area (Å²) in [5.74, 6) is -0.159. The Morgan fingerprint density at radius 1 is 1.33 bits per heavy atom. The number of hydrogen-bond donors (Lipinski definition) is 1. The summed E-state index contributed by atoms with van der Waals surface area (Å²) < 4.78 is 4.90. The molecule has 0 amide bonds. The van der Waals surface area contributed by atoms with Gasteiger partial charge in [0.25, 0.3) is 0 Å². The zero-order valence-electron chi connectivity index (χ0n) is 12.4. The standard InChI is InChI=1S/C14H28N2O2/c1-10(2)15-13(14(17)18-5)9-16-11(3)7-6-8-12(16)4/h10-13,15H,6-9H2,1-5H3. The van der Waals surface area contributed by atoms with Crippen molar-refractivity contribution in [2.45, 2.75) is 71.1 Å². The molecule has 0 bridgehead atoms. The largest absolute Gasteiger partial charge is 0.468 e. The van der Waals surface area contributed by atoms with Gasteiger partial charge in [-0.3, -0.25) is 9.69 Å². The fourth-order valence-electron chi connectivity index (χ4n) is 2.79. The molecule has 1 aliphatic heterocycles. The molecule has 4 nitrogen and oxygen atoms in total. The first kappa shape index (κ1) is 15.4. The Balaban J connectivity index is 2.65. The molecule has 0 saturated carbocycles. The third-order valence-electron chi connectivity index (χ3n) is 3.79. The molecule has 0 spiro atoms. The van der Waals surface area contributed by atoms with Crippen molar-refractivity contribution in [2.75, 3.05) is 13.7 Å². The summed E-state index contributed by atoms with van der Waals surface area (Å²) in [6.07, 6.45) is 3.74. The first-order valence-corrected chi connectivity index (χ1v) is 7.05. The highest BCUT2D eigenvalue weighted by molar-refractivity contribution is 5.76. The predicted octanol–water partition coefficient (Wildman–Crippen LogP) is 1.79. The van der Waals surface area contributed by atoms with Gasteiger partial charge < -0.3 is 10.1 Å². The van der Waals surface area contributed by atoms with Crippen LogP contribution in [0.25, 0.3) is 0 Å². The number of carbonyl (C=O) groups excluding carboxylic acids is 1. The van der Waals surface area contributed by atoms with Crippen molar-refractivity contribution in [3.63, 3.8) is 0 Å². The lowest BCUT2D eigenvalue weighted by atomic mass is 9.96. The second-order valence-corrected chi connectivity index (χ2v) is 5.72. The van der Waals surface area contributed by atoms with Crippen molar-refractivity contribution in [3.8, 4) is 0 Å². The maximum Gasteiger partial charge on any atom is 0.324 e. The fourth-order valence-corrected chi connectivity index (χ4v) is 2.79. The number of methoxy groups -OCH3 is 1. The molecule has 4 heteroatoms. The molecule has 1 heterocycles. The molecule has 3 unspecified atom stereocenters. The van der Waals surface area contributed by atoms with Gasteiger partial charge in [0.1, 0.15) is 6.04 Å². The third-order valence-corrected chi connectivity index (χ3v) is 3.79. The average Bonchev–Trinajstić information content (AvgIpc) is 2.31. The average molecular weight is 256 g/mol. The summed E-state index contributed by atoms with van der Waals surface area (Å²) in [6.45, 7) is 9.35. The summed E-state index contributed by atoms with van der Waals surface area (Å²) in [4.78, 5) is 14.3. The van der Waals surface area contributed by atoms with Gasteiger partial charge in [-0.25, -0.2) is 0 Å². The highest BCUT2D eigenvalue weighted by Gasteiger charge is 2.30. The monoisotopic (exact) mass is 256 g/mol. The van der Waals surface area contributed by atoms with Crippen LogP contribution in [-0.2, 0) is 9.53 Å². The molecule has 106 valence electrons. The number of rotatable bonds is 5. The second-order valence-electron chi connectivity index (χ2n) is 5.72. The molecule has 1 aliphatic rings. The van der Waals surface area contributed by atoms with E-state index in [1.807, 2.05) is 0 Å². The number of esters is 1. The Bertz CT molecular complexity index is 259. The zero-order chi connectivity index (χ0) is 13.7. The van der Waals surface area contributed by atoms with Gasteiger partial charge in [0, 0.05) is 24.7 Å². The van der Waals surface area contributed by atoms with E-state index in [1.165, 1.54) is 26.4 Å². The molecular weight excluding hydrogens is 228 g/mol. The van der Waals surface area contributed by atoms with Crippen LogP contribution in [0.2, 0.25) is 0 Å². The lowest BCUT2D eigenvalue weighted by molar-refractivity contribution is -0.144. The molecule has 1 rings (SSSR count). The fraction of sp³-hybridized carbons (Fsp3) is 0.929. The van der Waals surface area contributed by atoms with E-state index in [9.17, 15) is 4.79 Å². The van der Waals surface area contributed by atoms with Gasteiger partial charge in [-0.2, -0.15) is 0 Å². The van der Waals surface area contributed by atoms with E-state index in [0.717, 1.165) is 6.54 Å². The Hall–Kier alpha value is -0.610. The molecule has 3 atom stereocenters. The molecule has 1 N–H and O–H groups in total. The topological polar surface area (TPSA) is 41.6 Å². The number of carbonyl (C=O) groups is 1. The second kappa shape index (κ2) is 7.10. The molecule has 0 aromatic rings. The summed E-state index contributed by atoms with van der Waals surface area (Å²) in [5, 5.41) is 3.30. The van der Waals surface area contributed by atoms with Crippen LogP contribution < -0.4 is 5.32 Å². The van der Waals surface area contributed by atoms with Crippen molar-refractivity contribution < 1.29 is 9.53 Å². The lowest BCUT2D eigenvalue weighted by Gasteiger charge is -2.40. The number of hydrogen-bond acceptors (Lipinski definition) is 4. The minimum absolute atomic E-state index is 0.159. The highest BCUT2D eigenvalue weighted by atomic mass is 16.5. The lowest BCUT2D eigenvalue weighted by Crippen LogP contribution is -2.54. The van der Waals surface area contributed by atoms with E-state index >= 15 is 0 Å². The van der Waals surface area contributed by atoms with Crippen LogP contribution in [-0.4, -0.2) is 48.7 Å². The molecule has 0 radical (unpaired) electrons. The molecule has 1 saturated heterocycles. The van der Waals surface area contributed by atoms with Crippen LogP contribution in [0.1, 0.15) is 47.0 Å². The Labute approximate surface area is 111 Å². The zero-order valence-corrected chi connectivity index (χ0v) is 12.4. The van der Waals surface area contributed by atoms with Gasteiger partial charge >= 0.3 is 5.97 Å². The van der Waals surface area contributed by atoms with Gasteiger partial charge in [0.15, 0.2) is 0 Å². The maximum absolute atomic E-state index is 11.8. The molecule has 0 aliphatic carbocycles. The summed E-state index contributed by atoms with van der Waals surface area (Å²) in [5.41, 5.74) is 0. The van der Waals surface area contributed by atoms with E-state index < -0.39 is 0 Å². The van der Waals surface area contributed by atoms with Crippen LogP contribution in [0.15, 0.2) is 0 Å². The predicted molar refractivity (Wildman–Crippen MR) is 73.6 cm³/mol. The van der Waals surface area contributed by atoms with E-state index in [2.05, 4.69) is 37.9 Å². The molecule has 18 heavy (non-hydrogen) atoms. The van der Waals surface area contributed by atoms with Crippen molar-refractivity contribution >= 4 is 5.97 Å². The highest BCUT2D eigenvalue weighted by Crippen LogP contribution is 2.22.